The molecule has 3 N–H and O–H groups in total. The monoisotopic (exact) mass is 771 g/mol. The first-order valence-electron chi connectivity index (χ1n) is 17.8. The SMILES string of the molecule is COC(=O)N[C@@H](C(=O)N(CSC)Cc1ncc(-c2ccc(-c3ccc(-c4cnc([C@@H]5CSCN5C(=O)Cc5ccccc5)[nH]4)cc3)cc2)[nH]1)c1ccccc1. The molecule has 2 atom stereocenters. The Kier molecular flexibility index (Phi) is 12.0. The zero-order valence-corrected chi connectivity index (χ0v) is 32.1. The van der Waals surface area contributed by atoms with E-state index in [9.17, 15) is 14.4 Å². The summed E-state index contributed by atoms with van der Waals surface area (Å²) in [5.41, 5.74) is 7.53. The highest BCUT2D eigenvalue weighted by molar-refractivity contribution is 7.99. The summed E-state index contributed by atoms with van der Waals surface area (Å²) in [5.74, 6) is 3.15. The van der Waals surface area contributed by atoms with E-state index in [4.69, 9.17) is 9.72 Å². The molecule has 0 bridgehead atoms. The number of aromatic amines is 2. The van der Waals surface area contributed by atoms with Crippen molar-refractivity contribution in [2.75, 3.05) is 30.9 Å². The van der Waals surface area contributed by atoms with Crippen LogP contribution >= 0.6 is 23.5 Å². The average Bonchev–Trinajstić information content (AvgIpc) is 4.02. The molecule has 0 aliphatic carbocycles. The molecular formula is C42H41N7O4S2. The molecular weight excluding hydrogens is 731 g/mol. The number of methoxy groups -OCH3 is 1. The summed E-state index contributed by atoms with van der Waals surface area (Å²) in [7, 11) is 1.27. The lowest BCUT2D eigenvalue weighted by Crippen LogP contribution is -2.42. The van der Waals surface area contributed by atoms with Crippen LogP contribution in [0.4, 0.5) is 4.79 Å². The summed E-state index contributed by atoms with van der Waals surface area (Å²) < 4.78 is 4.80. The van der Waals surface area contributed by atoms with Crippen LogP contribution in [0.1, 0.15) is 34.9 Å². The van der Waals surface area contributed by atoms with E-state index in [1.807, 2.05) is 78.0 Å². The summed E-state index contributed by atoms with van der Waals surface area (Å²) in [6.45, 7) is 0.234. The fourth-order valence-corrected chi connectivity index (χ4v) is 8.25. The van der Waals surface area contributed by atoms with E-state index in [2.05, 4.69) is 56.7 Å². The van der Waals surface area contributed by atoms with Crippen LogP contribution in [0.2, 0.25) is 0 Å². The Morgan fingerprint density at radius 3 is 2.09 bits per heavy atom. The van der Waals surface area contributed by atoms with Crippen molar-refractivity contribution >= 4 is 41.4 Å². The number of nitrogens with zero attached hydrogens (tertiary/aromatic N) is 4. The van der Waals surface area contributed by atoms with Gasteiger partial charge >= 0.3 is 6.09 Å². The van der Waals surface area contributed by atoms with Gasteiger partial charge in [0, 0.05) is 5.75 Å². The van der Waals surface area contributed by atoms with Gasteiger partial charge in [0.25, 0.3) is 5.91 Å². The van der Waals surface area contributed by atoms with Crippen LogP contribution in [-0.4, -0.2) is 78.5 Å². The van der Waals surface area contributed by atoms with Crippen LogP contribution in [0.15, 0.2) is 122 Å². The van der Waals surface area contributed by atoms with E-state index in [1.165, 1.54) is 18.9 Å². The van der Waals surface area contributed by atoms with E-state index in [-0.39, 0.29) is 24.4 Å². The predicted octanol–water partition coefficient (Wildman–Crippen LogP) is 7.70. The summed E-state index contributed by atoms with van der Waals surface area (Å²) in [4.78, 5) is 58.8. The normalized spacial score (nSPS) is 14.4. The highest BCUT2D eigenvalue weighted by Gasteiger charge is 2.33. The molecule has 3 heterocycles. The van der Waals surface area contributed by atoms with Gasteiger partial charge in [-0.15, -0.1) is 23.5 Å². The molecule has 1 saturated heterocycles. The second kappa shape index (κ2) is 17.6. The van der Waals surface area contributed by atoms with Crippen molar-refractivity contribution in [3.63, 3.8) is 0 Å². The zero-order chi connectivity index (χ0) is 38.1. The number of thioether (sulfide) groups is 2. The third-order valence-corrected chi connectivity index (χ3v) is 11.0. The van der Waals surface area contributed by atoms with Crippen LogP contribution in [-0.2, 0) is 27.3 Å². The lowest BCUT2D eigenvalue weighted by molar-refractivity contribution is -0.133. The van der Waals surface area contributed by atoms with Gasteiger partial charge in [0.1, 0.15) is 17.7 Å². The average molecular weight is 772 g/mol. The van der Waals surface area contributed by atoms with Crippen LogP contribution in [0.3, 0.4) is 0 Å². The molecule has 13 heteroatoms. The molecule has 0 radical (unpaired) electrons. The molecule has 6 aromatic rings. The number of alkyl carbamates (subject to hydrolysis) is 1. The maximum Gasteiger partial charge on any atom is 0.407 e. The third kappa shape index (κ3) is 8.96. The first-order chi connectivity index (χ1) is 26.9. The van der Waals surface area contributed by atoms with E-state index in [0.717, 1.165) is 50.8 Å². The number of aromatic nitrogens is 4. The number of amides is 3. The highest BCUT2D eigenvalue weighted by atomic mass is 32.2. The Labute approximate surface area is 328 Å². The lowest BCUT2D eigenvalue weighted by atomic mass is 10.0. The van der Waals surface area contributed by atoms with Gasteiger partial charge in [-0.25, -0.2) is 14.8 Å². The largest absolute Gasteiger partial charge is 0.453 e. The van der Waals surface area contributed by atoms with Crippen molar-refractivity contribution in [3.8, 4) is 33.6 Å². The van der Waals surface area contributed by atoms with Crippen LogP contribution < -0.4 is 5.32 Å². The van der Waals surface area contributed by atoms with Gasteiger partial charge in [-0.2, -0.15) is 0 Å². The number of ether oxygens (including phenoxy) is 1. The molecule has 7 rings (SSSR count). The van der Waals surface area contributed by atoms with E-state index >= 15 is 0 Å². The lowest BCUT2D eigenvalue weighted by Gasteiger charge is -2.26. The van der Waals surface area contributed by atoms with Crippen LogP contribution in [0.25, 0.3) is 33.6 Å². The predicted molar refractivity (Wildman–Crippen MR) is 218 cm³/mol. The molecule has 0 unspecified atom stereocenters. The number of nitrogens with one attached hydrogen (secondary N) is 3. The smallest absolute Gasteiger partial charge is 0.407 e. The van der Waals surface area contributed by atoms with Crippen molar-refractivity contribution in [3.05, 3.63) is 144 Å². The molecule has 1 aliphatic rings. The van der Waals surface area contributed by atoms with Gasteiger partial charge in [0.15, 0.2) is 0 Å². The second-order valence-electron chi connectivity index (χ2n) is 13.1. The minimum Gasteiger partial charge on any atom is -0.453 e. The number of benzene rings is 4. The van der Waals surface area contributed by atoms with Crippen molar-refractivity contribution < 1.29 is 19.1 Å². The Morgan fingerprint density at radius 2 is 1.45 bits per heavy atom. The number of imidazole rings is 2. The second-order valence-corrected chi connectivity index (χ2v) is 14.9. The number of carbonyl (C=O) groups excluding carboxylic acids is 3. The van der Waals surface area contributed by atoms with Gasteiger partial charge in [0.05, 0.1) is 61.7 Å². The topological polar surface area (TPSA) is 136 Å². The highest BCUT2D eigenvalue weighted by Crippen LogP contribution is 2.34. The first kappa shape index (κ1) is 37.5. The maximum atomic E-state index is 13.8. The fourth-order valence-electron chi connectivity index (χ4n) is 6.53. The number of hydrogen-bond acceptors (Lipinski definition) is 8. The summed E-state index contributed by atoms with van der Waals surface area (Å²) in [6, 6.07) is 34.5. The molecule has 3 amide bonds. The van der Waals surface area contributed by atoms with Gasteiger partial charge in [-0.3, -0.25) is 9.59 Å². The first-order valence-corrected chi connectivity index (χ1v) is 20.3. The Bertz CT molecular complexity index is 2210. The number of H-pyrrole nitrogens is 2. The maximum absolute atomic E-state index is 13.8. The molecule has 0 spiro atoms. The third-order valence-electron chi connectivity index (χ3n) is 9.43. The van der Waals surface area contributed by atoms with Gasteiger partial charge in [0.2, 0.25) is 5.91 Å². The van der Waals surface area contributed by atoms with Crippen molar-refractivity contribution in [1.29, 1.82) is 0 Å². The van der Waals surface area contributed by atoms with E-state index < -0.39 is 12.1 Å². The number of rotatable bonds is 13. The Balaban J connectivity index is 0.992. The quantitative estimate of drug-likeness (QED) is 0.102. The number of carbonyl (C=O) groups is 3. The van der Waals surface area contributed by atoms with E-state index in [1.54, 1.807) is 35.0 Å². The molecule has 4 aromatic carbocycles. The summed E-state index contributed by atoms with van der Waals surface area (Å²) >= 11 is 3.25. The minimum absolute atomic E-state index is 0.0854. The molecule has 0 saturated carbocycles. The number of hydrogen-bond donors (Lipinski definition) is 3. The van der Waals surface area contributed by atoms with Crippen molar-refractivity contribution in [2.24, 2.45) is 0 Å². The Morgan fingerprint density at radius 1 is 0.855 bits per heavy atom. The van der Waals surface area contributed by atoms with E-state index in [0.29, 0.717) is 29.6 Å². The van der Waals surface area contributed by atoms with Crippen LogP contribution in [0, 0.1) is 0 Å². The van der Waals surface area contributed by atoms with Crippen LogP contribution in [0.5, 0.6) is 0 Å². The molecule has 1 fully saturated rings. The molecule has 280 valence electrons. The molecule has 55 heavy (non-hydrogen) atoms. The standard InChI is InChI=1S/C42H41N7O4S2/c1-53-42(52)47-39(33-11-7-4-8-12-33)41(51)48(26-54-2)24-37-43-22-34(45-37)31-17-13-29(14-18-31)30-15-19-32(20-16-30)35-23-44-40(46-35)36-25-55-27-49(36)38(50)21-28-9-5-3-6-10-28/h3-20,22-23,36,39H,21,24-27H2,1-2H3,(H,43,45)(H,44,46)(H,47,52)/t36-,39+/m0/s1. The minimum atomic E-state index is -0.904. The fraction of sp³-hybridized carbons (Fsp3) is 0.214. The molecule has 2 aromatic heterocycles. The van der Waals surface area contributed by atoms with Crippen molar-refractivity contribution in [1.82, 2.24) is 35.1 Å². The van der Waals surface area contributed by atoms with Gasteiger partial charge in [-0.05, 0) is 39.6 Å². The molecule has 11 nitrogen and oxygen atoms in total. The molecule has 1 aliphatic heterocycles. The van der Waals surface area contributed by atoms with Gasteiger partial charge < -0.3 is 29.8 Å². The van der Waals surface area contributed by atoms with Crippen molar-refractivity contribution in [2.45, 2.75) is 25.0 Å². The summed E-state index contributed by atoms with van der Waals surface area (Å²) in [5, 5.41) is 2.68. The van der Waals surface area contributed by atoms with Gasteiger partial charge in [-0.1, -0.05) is 109 Å². The zero-order valence-electron chi connectivity index (χ0n) is 30.5. The summed E-state index contributed by atoms with van der Waals surface area (Å²) in [6.07, 6.45) is 5.23. The Hall–Kier alpha value is -5.79.